The van der Waals surface area contributed by atoms with Gasteiger partial charge in [-0.05, 0) is 35.8 Å². The molecule has 0 saturated heterocycles. The lowest BCUT2D eigenvalue weighted by atomic mass is 10.1. The van der Waals surface area contributed by atoms with Crippen molar-refractivity contribution < 1.29 is 9.90 Å². The van der Waals surface area contributed by atoms with Gasteiger partial charge in [-0.15, -0.1) is 0 Å². The molecule has 0 unspecified atom stereocenters. The minimum atomic E-state index is -0.945. The van der Waals surface area contributed by atoms with E-state index in [2.05, 4.69) is 0 Å². The normalized spacial score (nSPS) is 10.6. The van der Waals surface area contributed by atoms with E-state index in [1.165, 1.54) is 0 Å². The highest BCUT2D eigenvalue weighted by Crippen LogP contribution is 2.15. The lowest BCUT2D eigenvalue weighted by molar-refractivity contribution is -0.131. The molecule has 0 aromatic heterocycles. The van der Waals surface area contributed by atoms with Crippen LogP contribution in [-0.2, 0) is 11.2 Å². The number of rotatable bonds is 3. The zero-order valence-electron chi connectivity index (χ0n) is 8.03. The average molecular weight is 191 g/mol. The number of nitrogens with two attached hydrogens (primary N) is 1. The van der Waals surface area contributed by atoms with Crippen LogP contribution in [0.1, 0.15) is 18.1 Å². The number of aliphatic carboxylic acids is 1. The molecule has 0 aliphatic heterocycles. The maximum Gasteiger partial charge on any atom is 0.328 e. The van der Waals surface area contributed by atoms with E-state index < -0.39 is 5.97 Å². The average Bonchev–Trinajstić information content (AvgIpc) is 2.16. The van der Waals surface area contributed by atoms with E-state index >= 15 is 0 Å². The molecule has 1 rings (SSSR count). The molecule has 0 aliphatic carbocycles. The summed E-state index contributed by atoms with van der Waals surface area (Å²) in [5.41, 5.74) is 8.36. The third kappa shape index (κ3) is 2.62. The van der Waals surface area contributed by atoms with E-state index in [0.717, 1.165) is 29.3 Å². The molecular formula is C11H13NO2. The Balaban J connectivity index is 2.95. The van der Waals surface area contributed by atoms with E-state index in [0.29, 0.717) is 0 Å². The molecule has 3 N–H and O–H groups in total. The van der Waals surface area contributed by atoms with E-state index in [1.807, 2.05) is 13.0 Å². The van der Waals surface area contributed by atoms with Crippen LogP contribution >= 0.6 is 0 Å². The Morgan fingerprint density at radius 2 is 2.29 bits per heavy atom. The Kier molecular flexibility index (Phi) is 3.29. The summed E-state index contributed by atoms with van der Waals surface area (Å²) in [6, 6.07) is 5.49. The second-order valence-corrected chi connectivity index (χ2v) is 2.98. The number of benzene rings is 1. The van der Waals surface area contributed by atoms with Crippen LogP contribution in [-0.4, -0.2) is 11.1 Å². The van der Waals surface area contributed by atoms with Gasteiger partial charge in [-0.1, -0.05) is 13.0 Å². The van der Waals surface area contributed by atoms with Crippen LogP contribution in [0.5, 0.6) is 0 Å². The van der Waals surface area contributed by atoms with Crippen molar-refractivity contribution in [1.29, 1.82) is 0 Å². The quantitative estimate of drug-likeness (QED) is 0.566. The summed E-state index contributed by atoms with van der Waals surface area (Å²) in [6.07, 6.45) is 3.52. The van der Waals surface area contributed by atoms with Gasteiger partial charge in [0, 0.05) is 11.8 Å². The zero-order chi connectivity index (χ0) is 10.6. The number of anilines is 1. The van der Waals surface area contributed by atoms with Crippen molar-refractivity contribution in [2.24, 2.45) is 0 Å². The van der Waals surface area contributed by atoms with E-state index in [-0.39, 0.29) is 0 Å². The van der Waals surface area contributed by atoms with E-state index in [1.54, 1.807) is 18.2 Å². The Morgan fingerprint density at radius 3 is 2.86 bits per heavy atom. The van der Waals surface area contributed by atoms with Crippen molar-refractivity contribution in [3.63, 3.8) is 0 Å². The standard InChI is InChI=1S/C11H13NO2/c1-2-9-7-8(3-5-10(9)12)4-6-11(13)14/h3-7H,2,12H2,1H3,(H,13,14). The van der Waals surface area contributed by atoms with Gasteiger partial charge in [0.05, 0.1) is 0 Å². The number of carbonyl (C=O) groups is 1. The highest BCUT2D eigenvalue weighted by atomic mass is 16.4. The molecule has 3 nitrogen and oxygen atoms in total. The zero-order valence-corrected chi connectivity index (χ0v) is 8.03. The van der Waals surface area contributed by atoms with E-state index in [9.17, 15) is 4.79 Å². The first-order valence-corrected chi connectivity index (χ1v) is 4.43. The lowest BCUT2D eigenvalue weighted by Crippen LogP contribution is -1.93. The molecule has 0 heterocycles. The minimum absolute atomic E-state index is 0.750. The first-order valence-electron chi connectivity index (χ1n) is 4.43. The fourth-order valence-corrected chi connectivity index (χ4v) is 1.20. The van der Waals surface area contributed by atoms with Crippen molar-refractivity contribution in [2.45, 2.75) is 13.3 Å². The SMILES string of the molecule is CCc1cc(C=CC(=O)O)ccc1N. The molecule has 0 radical (unpaired) electrons. The van der Waals surface area contributed by atoms with Crippen molar-refractivity contribution in [1.82, 2.24) is 0 Å². The monoisotopic (exact) mass is 191 g/mol. The van der Waals surface area contributed by atoms with Crippen LogP contribution in [0.3, 0.4) is 0 Å². The van der Waals surface area contributed by atoms with Gasteiger partial charge in [0.1, 0.15) is 0 Å². The molecule has 3 heteroatoms. The van der Waals surface area contributed by atoms with Gasteiger partial charge in [0.2, 0.25) is 0 Å². The van der Waals surface area contributed by atoms with Gasteiger partial charge >= 0.3 is 5.97 Å². The topological polar surface area (TPSA) is 63.3 Å². The highest BCUT2D eigenvalue weighted by Gasteiger charge is 1.97. The predicted molar refractivity (Wildman–Crippen MR) is 56.9 cm³/mol. The highest BCUT2D eigenvalue weighted by molar-refractivity contribution is 5.85. The maximum atomic E-state index is 10.3. The van der Waals surface area contributed by atoms with Gasteiger partial charge in [0.25, 0.3) is 0 Å². The van der Waals surface area contributed by atoms with Crippen LogP contribution in [0.25, 0.3) is 6.08 Å². The van der Waals surface area contributed by atoms with Gasteiger partial charge < -0.3 is 10.8 Å². The fourth-order valence-electron chi connectivity index (χ4n) is 1.20. The summed E-state index contributed by atoms with van der Waals surface area (Å²) in [4.78, 5) is 10.3. The Morgan fingerprint density at radius 1 is 1.57 bits per heavy atom. The van der Waals surface area contributed by atoms with Gasteiger partial charge in [-0.25, -0.2) is 4.79 Å². The number of carboxylic acid groups (broad SMARTS) is 1. The second-order valence-electron chi connectivity index (χ2n) is 2.98. The Hall–Kier alpha value is -1.77. The minimum Gasteiger partial charge on any atom is -0.478 e. The molecule has 1 aromatic carbocycles. The summed E-state index contributed by atoms with van der Waals surface area (Å²) in [5.74, 6) is -0.945. The largest absolute Gasteiger partial charge is 0.478 e. The second kappa shape index (κ2) is 4.46. The maximum absolute atomic E-state index is 10.3. The molecule has 0 saturated carbocycles. The number of hydrogen-bond donors (Lipinski definition) is 2. The van der Waals surface area contributed by atoms with Crippen LogP contribution < -0.4 is 5.73 Å². The molecule has 0 bridgehead atoms. The molecule has 0 spiro atoms. The smallest absolute Gasteiger partial charge is 0.328 e. The number of nitrogen functional groups attached to an aromatic ring is 1. The number of aryl methyl sites for hydroxylation is 1. The molecule has 14 heavy (non-hydrogen) atoms. The molecule has 74 valence electrons. The third-order valence-corrected chi connectivity index (χ3v) is 1.97. The summed E-state index contributed by atoms with van der Waals surface area (Å²) in [5, 5.41) is 8.44. The summed E-state index contributed by atoms with van der Waals surface area (Å²) < 4.78 is 0. The van der Waals surface area contributed by atoms with Crippen molar-refractivity contribution in [3.8, 4) is 0 Å². The number of hydrogen-bond acceptors (Lipinski definition) is 2. The molecule has 1 aromatic rings. The Bertz CT molecular complexity index is 370. The van der Waals surface area contributed by atoms with Crippen LogP contribution in [0.15, 0.2) is 24.3 Å². The van der Waals surface area contributed by atoms with Crippen molar-refractivity contribution in [2.75, 3.05) is 5.73 Å². The van der Waals surface area contributed by atoms with Crippen LogP contribution in [0.4, 0.5) is 5.69 Å². The number of carboxylic acids is 1. The Labute approximate surface area is 82.9 Å². The predicted octanol–water partition coefficient (Wildman–Crippen LogP) is 1.93. The van der Waals surface area contributed by atoms with Crippen molar-refractivity contribution >= 4 is 17.7 Å². The van der Waals surface area contributed by atoms with E-state index in [4.69, 9.17) is 10.8 Å². The van der Waals surface area contributed by atoms with Gasteiger partial charge in [-0.3, -0.25) is 0 Å². The molecule has 0 aliphatic rings. The molecule has 0 fully saturated rings. The molecule has 0 amide bonds. The summed E-state index contributed by atoms with van der Waals surface area (Å²) >= 11 is 0. The van der Waals surface area contributed by atoms with Crippen molar-refractivity contribution in [3.05, 3.63) is 35.4 Å². The van der Waals surface area contributed by atoms with Gasteiger partial charge in [-0.2, -0.15) is 0 Å². The van der Waals surface area contributed by atoms with Crippen LogP contribution in [0.2, 0.25) is 0 Å². The molecular weight excluding hydrogens is 178 g/mol. The van der Waals surface area contributed by atoms with Crippen LogP contribution in [0, 0.1) is 0 Å². The summed E-state index contributed by atoms with van der Waals surface area (Å²) in [7, 11) is 0. The molecule has 0 atom stereocenters. The first-order chi connectivity index (χ1) is 6.63. The lowest BCUT2D eigenvalue weighted by Gasteiger charge is -2.03. The first kappa shape index (κ1) is 10.3. The summed E-state index contributed by atoms with van der Waals surface area (Å²) in [6.45, 7) is 2.01. The van der Waals surface area contributed by atoms with Gasteiger partial charge in [0.15, 0.2) is 0 Å². The fraction of sp³-hybridized carbons (Fsp3) is 0.182. The third-order valence-electron chi connectivity index (χ3n) is 1.97.